The summed E-state index contributed by atoms with van der Waals surface area (Å²) in [6, 6.07) is 20.1. The summed E-state index contributed by atoms with van der Waals surface area (Å²) in [7, 11) is -2.08. The van der Waals surface area contributed by atoms with Crippen LogP contribution in [0.15, 0.2) is 60.7 Å². The topological polar surface area (TPSA) is 59.0 Å². The molecule has 0 saturated heterocycles. The second-order valence-corrected chi connectivity index (χ2v) is 16.7. The quantitative estimate of drug-likeness (QED) is 0.296. The lowest BCUT2D eigenvalue weighted by atomic mass is 10.0. The highest BCUT2D eigenvalue weighted by Crippen LogP contribution is 2.37. The Morgan fingerprint density at radius 1 is 0.886 bits per heavy atom. The molecule has 5 nitrogen and oxygen atoms in total. The fourth-order valence-electron chi connectivity index (χ4n) is 3.59. The summed E-state index contributed by atoms with van der Waals surface area (Å²) in [4.78, 5) is 14.9. The average Bonchev–Trinajstić information content (AvgIpc) is 2.73. The van der Waals surface area contributed by atoms with Gasteiger partial charge in [0.2, 0.25) is 0 Å². The predicted octanol–water partition coefficient (Wildman–Crippen LogP) is 6.17. The Labute approximate surface area is 213 Å². The second kappa shape index (κ2) is 12.3. The number of ether oxygens (including phenoxy) is 1. The zero-order valence-electron chi connectivity index (χ0n) is 22.9. The van der Waals surface area contributed by atoms with Crippen LogP contribution >= 0.6 is 0 Å². The van der Waals surface area contributed by atoms with E-state index >= 15 is 0 Å². The Morgan fingerprint density at radius 2 is 1.34 bits per heavy atom. The molecule has 0 amide bonds. The fraction of sp³-hybridized carbons (Fsp3) is 0.552. The van der Waals surface area contributed by atoms with E-state index in [2.05, 4.69) is 63.0 Å². The first kappa shape index (κ1) is 29.2. The zero-order chi connectivity index (χ0) is 26.3. The van der Waals surface area contributed by atoms with Crippen LogP contribution in [0.4, 0.5) is 0 Å². The normalized spacial score (nSPS) is 14.6. The van der Waals surface area contributed by atoms with Gasteiger partial charge in [0.05, 0.1) is 25.2 Å². The van der Waals surface area contributed by atoms with Crippen LogP contribution in [0.2, 0.25) is 18.1 Å². The number of rotatable bonds is 11. The molecular formula is C29H45NO4Si. The van der Waals surface area contributed by atoms with Gasteiger partial charge in [-0.1, -0.05) is 81.4 Å². The number of hydrogen-bond donors (Lipinski definition) is 1. The van der Waals surface area contributed by atoms with Crippen LogP contribution in [-0.4, -0.2) is 48.6 Å². The molecule has 0 bridgehead atoms. The van der Waals surface area contributed by atoms with Crippen molar-refractivity contribution in [3.05, 3.63) is 71.8 Å². The van der Waals surface area contributed by atoms with E-state index in [1.54, 1.807) is 0 Å². The van der Waals surface area contributed by atoms with E-state index in [1.807, 2.05) is 57.2 Å². The Bertz CT molecular complexity index is 862. The molecule has 0 aliphatic carbocycles. The minimum atomic E-state index is -2.08. The highest BCUT2D eigenvalue weighted by molar-refractivity contribution is 6.74. The van der Waals surface area contributed by atoms with Crippen molar-refractivity contribution in [2.24, 2.45) is 0 Å². The van der Waals surface area contributed by atoms with Gasteiger partial charge in [-0.2, -0.15) is 0 Å². The highest BCUT2D eigenvalue weighted by atomic mass is 28.4. The van der Waals surface area contributed by atoms with Gasteiger partial charge in [-0.25, -0.2) is 0 Å². The summed E-state index contributed by atoms with van der Waals surface area (Å²) in [6.07, 6.45) is -1.01. The molecule has 0 unspecified atom stereocenters. The van der Waals surface area contributed by atoms with Crippen molar-refractivity contribution >= 4 is 14.3 Å². The standard InChI is InChI=1S/C29H45NO4Si/c1-28(2,3)34-27(32)19-26(31)25(22-33-35(7,8)29(4,5)6)30(20-23-15-11-9-12-16-23)21-24-17-13-10-14-18-24/h9-18,25-26,31H,19-22H2,1-8H3/t25-,26-/m0/s1. The minimum Gasteiger partial charge on any atom is -0.460 e. The monoisotopic (exact) mass is 499 g/mol. The van der Waals surface area contributed by atoms with Crippen molar-refractivity contribution in [1.82, 2.24) is 4.90 Å². The van der Waals surface area contributed by atoms with Crippen molar-refractivity contribution in [2.75, 3.05) is 6.61 Å². The molecule has 1 N–H and O–H groups in total. The molecule has 0 spiro atoms. The number of aliphatic hydroxyl groups is 1. The summed E-state index contributed by atoms with van der Waals surface area (Å²) < 4.78 is 12.1. The van der Waals surface area contributed by atoms with Crippen LogP contribution in [0.5, 0.6) is 0 Å². The van der Waals surface area contributed by atoms with E-state index in [0.717, 1.165) is 11.1 Å². The molecule has 2 aromatic rings. The van der Waals surface area contributed by atoms with Gasteiger partial charge < -0.3 is 14.3 Å². The molecule has 6 heteroatoms. The molecule has 0 fully saturated rings. The average molecular weight is 500 g/mol. The number of carbonyl (C=O) groups excluding carboxylic acids is 1. The van der Waals surface area contributed by atoms with E-state index in [9.17, 15) is 9.90 Å². The molecule has 0 aliphatic heterocycles. The highest BCUT2D eigenvalue weighted by Gasteiger charge is 2.39. The van der Waals surface area contributed by atoms with Gasteiger partial charge in [0.15, 0.2) is 8.32 Å². The molecule has 2 rings (SSSR count). The molecule has 0 heterocycles. The van der Waals surface area contributed by atoms with E-state index in [-0.39, 0.29) is 17.5 Å². The van der Waals surface area contributed by atoms with Crippen molar-refractivity contribution in [1.29, 1.82) is 0 Å². The molecule has 0 aromatic heterocycles. The van der Waals surface area contributed by atoms with Gasteiger partial charge >= 0.3 is 5.97 Å². The molecule has 0 aliphatic rings. The summed E-state index contributed by atoms with van der Waals surface area (Å²) >= 11 is 0. The van der Waals surface area contributed by atoms with Crippen LogP contribution in [0.3, 0.4) is 0 Å². The summed E-state index contributed by atoms with van der Waals surface area (Å²) in [5.41, 5.74) is 1.69. The van der Waals surface area contributed by atoms with Crippen molar-refractivity contribution in [3.8, 4) is 0 Å². The summed E-state index contributed by atoms with van der Waals surface area (Å²) in [6.45, 7) is 18.2. The molecule has 0 radical (unpaired) electrons. The van der Waals surface area contributed by atoms with Crippen LogP contribution in [0.1, 0.15) is 59.1 Å². The number of hydrogen-bond acceptors (Lipinski definition) is 5. The van der Waals surface area contributed by atoms with Crippen molar-refractivity contribution in [3.63, 3.8) is 0 Å². The van der Waals surface area contributed by atoms with E-state index in [4.69, 9.17) is 9.16 Å². The number of aliphatic hydroxyl groups excluding tert-OH is 1. The molecule has 2 atom stereocenters. The first-order chi connectivity index (χ1) is 16.2. The van der Waals surface area contributed by atoms with Crippen molar-refractivity contribution < 1.29 is 19.1 Å². The van der Waals surface area contributed by atoms with E-state index in [1.165, 1.54) is 0 Å². The lowest BCUT2D eigenvalue weighted by Crippen LogP contribution is -2.51. The number of benzene rings is 2. The molecule has 2 aromatic carbocycles. The van der Waals surface area contributed by atoms with Gasteiger partial charge in [0.25, 0.3) is 0 Å². The van der Waals surface area contributed by atoms with Crippen LogP contribution in [0, 0.1) is 0 Å². The minimum absolute atomic E-state index is 0.0390. The van der Waals surface area contributed by atoms with E-state index in [0.29, 0.717) is 19.7 Å². The van der Waals surface area contributed by atoms with Gasteiger partial charge in [-0.3, -0.25) is 9.69 Å². The van der Waals surface area contributed by atoms with Gasteiger partial charge in [0.1, 0.15) is 5.60 Å². The predicted molar refractivity (Wildman–Crippen MR) is 146 cm³/mol. The number of carbonyl (C=O) groups is 1. The molecule has 0 saturated carbocycles. The molecule has 194 valence electrons. The largest absolute Gasteiger partial charge is 0.460 e. The summed E-state index contributed by atoms with van der Waals surface area (Å²) in [5.74, 6) is -0.401. The Morgan fingerprint density at radius 3 is 1.74 bits per heavy atom. The van der Waals surface area contributed by atoms with E-state index < -0.39 is 26.0 Å². The molecule has 35 heavy (non-hydrogen) atoms. The van der Waals surface area contributed by atoms with Gasteiger partial charge in [0, 0.05) is 13.1 Å². The fourth-order valence-corrected chi connectivity index (χ4v) is 4.61. The lowest BCUT2D eigenvalue weighted by Gasteiger charge is -2.41. The third-order valence-corrected chi connectivity index (χ3v) is 11.1. The molecular weight excluding hydrogens is 454 g/mol. The Balaban J connectivity index is 2.36. The first-order valence-electron chi connectivity index (χ1n) is 12.5. The van der Waals surface area contributed by atoms with Crippen LogP contribution in [-0.2, 0) is 27.0 Å². The number of esters is 1. The zero-order valence-corrected chi connectivity index (χ0v) is 23.9. The SMILES string of the molecule is CC(C)(C)OC(=O)C[C@H](O)[C@H](CO[Si](C)(C)C(C)(C)C)N(Cc1ccccc1)Cc1ccccc1. The first-order valence-corrected chi connectivity index (χ1v) is 15.4. The Kier molecular flexibility index (Phi) is 10.3. The maximum Gasteiger partial charge on any atom is 0.308 e. The maximum absolute atomic E-state index is 12.6. The second-order valence-electron chi connectivity index (χ2n) is 11.9. The van der Waals surface area contributed by atoms with Crippen LogP contribution in [0.25, 0.3) is 0 Å². The van der Waals surface area contributed by atoms with Gasteiger partial charge in [-0.05, 0) is 50.0 Å². The summed E-state index contributed by atoms with van der Waals surface area (Å²) in [5, 5.41) is 11.4. The maximum atomic E-state index is 12.6. The van der Waals surface area contributed by atoms with Crippen molar-refractivity contribution in [2.45, 2.75) is 96.9 Å². The van der Waals surface area contributed by atoms with Crippen LogP contribution < -0.4 is 0 Å². The van der Waals surface area contributed by atoms with Gasteiger partial charge in [-0.15, -0.1) is 0 Å². The lowest BCUT2D eigenvalue weighted by molar-refractivity contribution is -0.158. The number of nitrogens with zero attached hydrogens (tertiary/aromatic N) is 1. The third-order valence-electron chi connectivity index (χ3n) is 6.59. The third kappa shape index (κ3) is 9.88. The Hall–Kier alpha value is -1.99. The smallest absolute Gasteiger partial charge is 0.308 e.